The van der Waals surface area contributed by atoms with Gasteiger partial charge >= 0.3 is 0 Å². The fraction of sp³-hybridized carbons (Fsp3) is 0.467. The molecule has 1 aromatic rings. The van der Waals surface area contributed by atoms with Gasteiger partial charge in [0.15, 0.2) is 0 Å². The number of alkyl halides is 1. The molecule has 0 fully saturated rings. The molecule has 1 unspecified atom stereocenters. The van der Waals surface area contributed by atoms with Gasteiger partial charge < -0.3 is 10.6 Å². The minimum atomic E-state index is -0.529. The zero-order valence-electron chi connectivity index (χ0n) is 13.0. The topological polar surface area (TPSA) is 101 Å². The number of non-ortho nitro benzene ring substituents is 1. The monoisotopic (exact) mass is 341 g/mol. The standard InChI is InChI=1S/C15H20ClN3O4/c1-3-4-14(18-10(2)20)13(16)9-17-15(21)11-5-7-12(8-6-11)19(22)23/h5-8,13-14H,3-4,9H2,1-2H3,(H,17,21)(H,18,20)/t13-,14?/m1/s1. The summed E-state index contributed by atoms with van der Waals surface area (Å²) < 4.78 is 0. The third kappa shape index (κ3) is 6.23. The van der Waals surface area contributed by atoms with Crippen LogP contribution in [-0.2, 0) is 4.79 Å². The Labute approximate surface area is 139 Å². The third-order valence-corrected chi connectivity index (χ3v) is 3.68. The molecule has 0 saturated carbocycles. The van der Waals surface area contributed by atoms with E-state index in [0.29, 0.717) is 12.0 Å². The maximum atomic E-state index is 12.0. The van der Waals surface area contributed by atoms with Crippen LogP contribution in [0.2, 0.25) is 0 Å². The number of hydrogen-bond acceptors (Lipinski definition) is 4. The van der Waals surface area contributed by atoms with E-state index < -0.39 is 10.3 Å². The second-order valence-electron chi connectivity index (χ2n) is 5.13. The minimum absolute atomic E-state index is 0.0783. The van der Waals surface area contributed by atoms with E-state index in [-0.39, 0.29) is 30.1 Å². The van der Waals surface area contributed by atoms with Crippen molar-refractivity contribution in [1.82, 2.24) is 10.6 Å². The Morgan fingerprint density at radius 3 is 2.39 bits per heavy atom. The molecule has 0 saturated heterocycles. The van der Waals surface area contributed by atoms with E-state index in [9.17, 15) is 19.7 Å². The maximum absolute atomic E-state index is 12.0. The molecule has 1 aromatic carbocycles. The molecule has 0 aliphatic heterocycles. The van der Waals surface area contributed by atoms with Crippen LogP contribution in [0.3, 0.4) is 0 Å². The van der Waals surface area contributed by atoms with Crippen molar-refractivity contribution in [3.05, 3.63) is 39.9 Å². The lowest BCUT2D eigenvalue weighted by molar-refractivity contribution is -0.384. The van der Waals surface area contributed by atoms with Crippen LogP contribution in [0.15, 0.2) is 24.3 Å². The number of nitro benzene ring substituents is 1. The molecule has 0 spiro atoms. The number of hydrogen-bond donors (Lipinski definition) is 2. The van der Waals surface area contributed by atoms with Crippen LogP contribution in [-0.4, -0.2) is 34.7 Å². The minimum Gasteiger partial charge on any atom is -0.352 e. The summed E-state index contributed by atoms with van der Waals surface area (Å²) in [6.07, 6.45) is 1.56. The summed E-state index contributed by atoms with van der Waals surface area (Å²) in [7, 11) is 0. The number of nitro groups is 1. The van der Waals surface area contributed by atoms with Gasteiger partial charge in [-0.05, 0) is 18.6 Å². The van der Waals surface area contributed by atoms with Crippen LogP contribution in [0, 0.1) is 10.1 Å². The summed E-state index contributed by atoms with van der Waals surface area (Å²) >= 11 is 6.25. The molecule has 0 aliphatic carbocycles. The highest BCUT2D eigenvalue weighted by atomic mass is 35.5. The highest BCUT2D eigenvalue weighted by Crippen LogP contribution is 2.12. The Hall–Kier alpha value is -2.15. The first-order valence-corrected chi connectivity index (χ1v) is 7.72. The Morgan fingerprint density at radius 2 is 1.91 bits per heavy atom. The van der Waals surface area contributed by atoms with Gasteiger partial charge in [-0.15, -0.1) is 11.6 Å². The summed E-state index contributed by atoms with van der Waals surface area (Å²) in [5, 5.41) is 15.6. The number of benzene rings is 1. The predicted molar refractivity (Wildman–Crippen MR) is 87.6 cm³/mol. The van der Waals surface area contributed by atoms with Crippen molar-refractivity contribution in [2.24, 2.45) is 0 Å². The molecule has 0 heterocycles. The molecule has 23 heavy (non-hydrogen) atoms. The van der Waals surface area contributed by atoms with Crippen molar-refractivity contribution in [1.29, 1.82) is 0 Å². The van der Waals surface area contributed by atoms with Gasteiger partial charge in [-0.2, -0.15) is 0 Å². The molecular formula is C15H20ClN3O4. The first-order chi connectivity index (χ1) is 10.8. The van der Waals surface area contributed by atoms with Crippen LogP contribution in [0.1, 0.15) is 37.0 Å². The van der Waals surface area contributed by atoms with Crippen LogP contribution < -0.4 is 10.6 Å². The molecule has 0 radical (unpaired) electrons. The highest BCUT2D eigenvalue weighted by molar-refractivity contribution is 6.21. The maximum Gasteiger partial charge on any atom is 0.269 e. The van der Waals surface area contributed by atoms with Crippen molar-refractivity contribution in [2.45, 2.75) is 38.1 Å². The van der Waals surface area contributed by atoms with Crippen molar-refractivity contribution in [3.63, 3.8) is 0 Å². The second-order valence-corrected chi connectivity index (χ2v) is 5.69. The lowest BCUT2D eigenvalue weighted by Crippen LogP contribution is -2.45. The van der Waals surface area contributed by atoms with E-state index in [4.69, 9.17) is 11.6 Å². The predicted octanol–water partition coefficient (Wildman–Crippen LogP) is 2.24. The Bertz CT molecular complexity index is 562. The summed E-state index contributed by atoms with van der Waals surface area (Å²) in [5.74, 6) is -0.542. The Morgan fingerprint density at radius 1 is 1.30 bits per heavy atom. The van der Waals surface area contributed by atoms with Gasteiger partial charge in [0.05, 0.1) is 10.3 Å². The average Bonchev–Trinajstić information content (AvgIpc) is 2.51. The zero-order valence-corrected chi connectivity index (χ0v) is 13.8. The van der Waals surface area contributed by atoms with Gasteiger partial charge in [-0.3, -0.25) is 19.7 Å². The molecular weight excluding hydrogens is 322 g/mol. The van der Waals surface area contributed by atoms with Gasteiger partial charge in [0.25, 0.3) is 11.6 Å². The number of carbonyl (C=O) groups is 2. The molecule has 0 aliphatic rings. The van der Waals surface area contributed by atoms with Gasteiger partial charge in [-0.1, -0.05) is 13.3 Å². The van der Waals surface area contributed by atoms with Crippen LogP contribution in [0.5, 0.6) is 0 Å². The fourth-order valence-electron chi connectivity index (χ4n) is 2.08. The Kier molecular flexibility index (Phi) is 7.47. The highest BCUT2D eigenvalue weighted by Gasteiger charge is 2.20. The van der Waals surface area contributed by atoms with Crippen LogP contribution in [0.25, 0.3) is 0 Å². The van der Waals surface area contributed by atoms with Crippen molar-refractivity contribution < 1.29 is 14.5 Å². The van der Waals surface area contributed by atoms with Gasteiger partial charge in [0.1, 0.15) is 0 Å². The average molecular weight is 342 g/mol. The van der Waals surface area contributed by atoms with Crippen LogP contribution >= 0.6 is 11.6 Å². The molecule has 2 atom stereocenters. The number of halogens is 1. The summed E-state index contributed by atoms with van der Waals surface area (Å²) in [4.78, 5) is 33.2. The summed E-state index contributed by atoms with van der Waals surface area (Å²) in [6, 6.07) is 5.08. The van der Waals surface area contributed by atoms with E-state index in [2.05, 4.69) is 10.6 Å². The molecule has 0 bridgehead atoms. The van der Waals surface area contributed by atoms with Gasteiger partial charge in [-0.25, -0.2) is 0 Å². The Balaban J connectivity index is 2.59. The number of nitrogens with one attached hydrogen (secondary N) is 2. The van der Waals surface area contributed by atoms with Crippen molar-refractivity contribution >= 4 is 29.1 Å². The van der Waals surface area contributed by atoms with Crippen molar-refractivity contribution in [3.8, 4) is 0 Å². The smallest absolute Gasteiger partial charge is 0.269 e. The van der Waals surface area contributed by atoms with E-state index in [0.717, 1.165) is 6.42 Å². The fourth-order valence-corrected chi connectivity index (χ4v) is 2.35. The first-order valence-electron chi connectivity index (χ1n) is 7.29. The van der Waals surface area contributed by atoms with E-state index in [1.165, 1.54) is 31.2 Å². The molecule has 2 N–H and O–H groups in total. The number of carbonyl (C=O) groups excluding carboxylic acids is 2. The normalized spacial score (nSPS) is 13.0. The molecule has 2 amide bonds. The lowest BCUT2D eigenvalue weighted by Gasteiger charge is -2.22. The number of rotatable bonds is 8. The van der Waals surface area contributed by atoms with E-state index in [1.54, 1.807) is 0 Å². The second kappa shape index (κ2) is 9.09. The lowest BCUT2D eigenvalue weighted by atomic mass is 10.1. The zero-order chi connectivity index (χ0) is 17.4. The van der Waals surface area contributed by atoms with Crippen LogP contribution in [0.4, 0.5) is 5.69 Å². The van der Waals surface area contributed by atoms with E-state index >= 15 is 0 Å². The molecule has 8 heteroatoms. The molecule has 126 valence electrons. The molecule has 0 aromatic heterocycles. The summed E-state index contributed by atoms with van der Waals surface area (Å²) in [5.41, 5.74) is 0.233. The SMILES string of the molecule is CCCC(NC(C)=O)[C@H](Cl)CNC(=O)c1ccc([N+](=O)[O-])cc1. The largest absolute Gasteiger partial charge is 0.352 e. The molecule has 1 rings (SSSR count). The van der Waals surface area contributed by atoms with Gasteiger partial charge in [0.2, 0.25) is 5.91 Å². The van der Waals surface area contributed by atoms with E-state index in [1.807, 2.05) is 6.92 Å². The third-order valence-electron chi connectivity index (χ3n) is 3.22. The quantitative estimate of drug-likeness (QED) is 0.430. The van der Waals surface area contributed by atoms with Gasteiger partial charge in [0, 0.05) is 37.2 Å². The number of amides is 2. The first kappa shape index (κ1) is 18.9. The van der Waals surface area contributed by atoms with Crippen molar-refractivity contribution in [2.75, 3.05) is 6.54 Å². The summed E-state index contributed by atoms with van der Waals surface area (Å²) in [6.45, 7) is 3.58. The molecule has 7 nitrogen and oxygen atoms in total. The number of nitrogens with zero attached hydrogens (tertiary/aromatic N) is 1.